The lowest BCUT2D eigenvalue weighted by Crippen LogP contribution is -2.21. The summed E-state index contributed by atoms with van der Waals surface area (Å²) in [6.07, 6.45) is 1.25. The third-order valence-corrected chi connectivity index (χ3v) is 4.72. The summed E-state index contributed by atoms with van der Waals surface area (Å²) in [5.74, 6) is 0.225. The quantitative estimate of drug-likeness (QED) is 0.759. The van der Waals surface area contributed by atoms with E-state index in [0.29, 0.717) is 5.41 Å². The fourth-order valence-corrected chi connectivity index (χ4v) is 4.71. The fraction of sp³-hybridized carbons (Fsp3) is 0.833. The lowest BCUT2D eigenvalue weighted by atomic mass is 9.94. The van der Waals surface area contributed by atoms with E-state index in [9.17, 15) is 4.79 Å². The zero-order chi connectivity index (χ0) is 13.7. The van der Waals surface area contributed by atoms with Gasteiger partial charge in [-0.05, 0) is 31.4 Å². The third kappa shape index (κ3) is 11.1. The van der Waals surface area contributed by atoms with Crippen molar-refractivity contribution in [1.29, 1.82) is 0 Å². The Hall–Kier alpha value is 0.260. The molecule has 0 aliphatic heterocycles. The minimum absolute atomic E-state index is 0.137. The molecule has 0 radical (unpaired) electrons. The molecule has 0 spiro atoms. The molecule has 0 fully saturated rings. The van der Waals surface area contributed by atoms with Crippen molar-refractivity contribution in [3.8, 4) is 0 Å². The van der Waals surface area contributed by atoms with E-state index in [4.69, 9.17) is 17.3 Å². The van der Waals surface area contributed by atoms with Crippen LogP contribution in [0.1, 0.15) is 47.5 Å². The lowest BCUT2D eigenvalue weighted by Gasteiger charge is -2.22. The van der Waals surface area contributed by atoms with Crippen LogP contribution < -0.4 is 0 Å². The first-order chi connectivity index (χ1) is 7.52. The Morgan fingerprint density at radius 3 is 2.18 bits per heavy atom. The largest absolute Gasteiger partial charge is 0.481 e. The zero-order valence-electron chi connectivity index (χ0n) is 11.2. The Morgan fingerprint density at radius 1 is 1.24 bits per heavy atom. The van der Waals surface area contributed by atoms with E-state index in [0.717, 1.165) is 15.7 Å². The molecular formula is C12H22O2S3. The molecule has 0 unspecified atom stereocenters. The molecule has 0 aliphatic carbocycles. The predicted molar refractivity (Wildman–Crippen MR) is 83.1 cm³/mol. The summed E-state index contributed by atoms with van der Waals surface area (Å²) in [6, 6.07) is 0. The van der Waals surface area contributed by atoms with Gasteiger partial charge in [0.25, 0.3) is 0 Å². The molecule has 0 aromatic heterocycles. The Kier molecular flexibility index (Phi) is 7.11. The van der Waals surface area contributed by atoms with Crippen LogP contribution in [-0.4, -0.2) is 25.1 Å². The van der Waals surface area contributed by atoms with Crippen LogP contribution in [0.3, 0.4) is 0 Å². The Bertz CT molecular complexity index is 280. The van der Waals surface area contributed by atoms with E-state index in [1.807, 2.05) is 13.8 Å². The maximum Gasteiger partial charge on any atom is 0.304 e. The fourth-order valence-electron chi connectivity index (χ4n) is 1.10. The normalized spacial score (nSPS) is 12.5. The topological polar surface area (TPSA) is 37.3 Å². The third-order valence-electron chi connectivity index (χ3n) is 2.01. The molecule has 100 valence electrons. The molecule has 0 amide bonds. The first kappa shape index (κ1) is 17.3. The molecule has 17 heavy (non-hydrogen) atoms. The van der Waals surface area contributed by atoms with E-state index in [1.165, 1.54) is 11.8 Å². The molecule has 0 aliphatic rings. The van der Waals surface area contributed by atoms with Gasteiger partial charge in [-0.15, -0.1) is 23.5 Å². The van der Waals surface area contributed by atoms with Crippen molar-refractivity contribution in [2.45, 2.75) is 52.2 Å². The van der Waals surface area contributed by atoms with Gasteiger partial charge >= 0.3 is 5.97 Å². The van der Waals surface area contributed by atoms with E-state index in [2.05, 4.69) is 20.8 Å². The average Bonchev–Trinajstić information content (AvgIpc) is 1.95. The lowest BCUT2D eigenvalue weighted by molar-refractivity contribution is -0.137. The van der Waals surface area contributed by atoms with Crippen LogP contribution in [-0.2, 0) is 4.79 Å². The van der Waals surface area contributed by atoms with E-state index >= 15 is 0 Å². The maximum atomic E-state index is 10.7. The van der Waals surface area contributed by atoms with Crippen molar-refractivity contribution in [3.63, 3.8) is 0 Å². The van der Waals surface area contributed by atoms with Crippen molar-refractivity contribution in [3.05, 3.63) is 0 Å². The first-order valence-corrected chi connectivity index (χ1v) is 7.80. The highest BCUT2D eigenvalue weighted by molar-refractivity contribution is 8.47. The van der Waals surface area contributed by atoms with Crippen LogP contribution in [0, 0.1) is 5.41 Å². The second kappa shape index (κ2) is 7.00. The predicted octanol–water partition coefficient (Wildman–Crippen LogP) is 4.43. The molecular weight excluding hydrogens is 272 g/mol. The summed E-state index contributed by atoms with van der Waals surface area (Å²) in [5, 5.41) is 8.78. The van der Waals surface area contributed by atoms with Gasteiger partial charge in [0, 0.05) is 4.75 Å². The van der Waals surface area contributed by atoms with Gasteiger partial charge in [-0.2, -0.15) is 0 Å². The second-order valence-electron chi connectivity index (χ2n) is 5.84. The highest BCUT2D eigenvalue weighted by Crippen LogP contribution is 2.34. The number of thioether (sulfide) groups is 2. The molecule has 0 atom stereocenters. The molecule has 0 rings (SSSR count). The molecule has 2 nitrogen and oxygen atoms in total. The Morgan fingerprint density at radius 2 is 1.76 bits per heavy atom. The van der Waals surface area contributed by atoms with Crippen LogP contribution in [0.4, 0.5) is 0 Å². The number of carbonyl (C=O) groups is 1. The van der Waals surface area contributed by atoms with Crippen LogP contribution in [0.5, 0.6) is 0 Å². The van der Waals surface area contributed by atoms with E-state index in [1.54, 1.807) is 11.8 Å². The summed E-state index contributed by atoms with van der Waals surface area (Å²) < 4.78 is 0.526. The monoisotopic (exact) mass is 294 g/mol. The number of hydrogen-bond donors (Lipinski definition) is 1. The van der Waals surface area contributed by atoms with Crippen molar-refractivity contribution in [2.24, 2.45) is 5.41 Å². The minimum Gasteiger partial charge on any atom is -0.481 e. The van der Waals surface area contributed by atoms with Crippen LogP contribution >= 0.6 is 35.7 Å². The molecule has 0 bridgehead atoms. The average molecular weight is 295 g/mol. The molecule has 5 heteroatoms. The number of thiocarbonyl (C=S) groups is 1. The summed E-state index contributed by atoms with van der Waals surface area (Å²) in [4.78, 5) is 10.7. The van der Waals surface area contributed by atoms with Gasteiger partial charge in [-0.3, -0.25) is 4.79 Å². The summed E-state index contributed by atoms with van der Waals surface area (Å²) in [5.41, 5.74) is 0.323. The van der Waals surface area contributed by atoms with Gasteiger partial charge in [-0.1, -0.05) is 33.0 Å². The van der Waals surface area contributed by atoms with Crippen molar-refractivity contribution in [1.82, 2.24) is 0 Å². The van der Waals surface area contributed by atoms with Gasteiger partial charge in [0.05, 0.1) is 6.42 Å². The van der Waals surface area contributed by atoms with Gasteiger partial charge < -0.3 is 5.11 Å². The van der Waals surface area contributed by atoms with Crippen molar-refractivity contribution in [2.75, 3.05) is 5.75 Å². The number of carboxylic acids is 1. The SMILES string of the molecule is CC(C)(C)CCSC(=S)SC(C)(C)CC(=O)O. The summed E-state index contributed by atoms with van der Waals surface area (Å²) in [6.45, 7) is 10.5. The van der Waals surface area contributed by atoms with Crippen LogP contribution in [0.2, 0.25) is 0 Å². The van der Waals surface area contributed by atoms with Gasteiger partial charge in [0.1, 0.15) is 3.53 Å². The highest BCUT2D eigenvalue weighted by Gasteiger charge is 2.24. The maximum absolute atomic E-state index is 10.7. The van der Waals surface area contributed by atoms with Gasteiger partial charge in [0.15, 0.2) is 0 Å². The van der Waals surface area contributed by atoms with E-state index < -0.39 is 5.97 Å². The Balaban J connectivity index is 3.97. The number of aliphatic carboxylic acids is 1. The molecule has 0 aromatic carbocycles. The number of rotatable bonds is 5. The van der Waals surface area contributed by atoms with Crippen molar-refractivity contribution >= 4 is 45.2 Å². The smallest absolute Gasteiger partial charge is 0.304 e. The molecule has 1 N–H and O–H groups in total. The number of hydrogen-bond acceptors (Lipinski definition) is 4. The molecule has 0 saturated carbocycles. The standard InChI is InChI=1S/C12H22O2S3/c1-11(2,3)6-7-16-10(15)17-12(4,5)8-9(13)14/h6-8H2,1-5H3,(H,13,14). The second-order valence-corrected chi connectivity index (χ2v) is 9.85. The van der Waals surface area contributed by atoms with Gasteiger partial charge in [-0.25, -0.2) is 0 Å². The summed E-state index contributed by atoms with van der Waals surface area (Å²) in [7, 11) is 0. The first-order valence-electron chi connectivity index (χ1n) is 5.59. The summed E-state index contributed by atoms with van der Waals surface area (Å²) >= 11 is 8.43. The molecule has 0 heterocycles. The van der Waals surface area contributed by atoms with Crippen LogP contribution in [0.25, 0.3) is 0 Å². The molecule has 0 saturated heterocycles. The molecule has 0 aromatic rings. The Labute approximate surface area is 118 Å². The van der Waals surface area contributed by atoms with Crippen LogP contribution in [0.15, 0.2) is 0 Å². The van der Waals surface area contributed by atoms with Crippen molar-refractivity contribution < 1.29 is 9.90 Å². The zero-order valence-corrected chi connectivity index (χ0v) is 13.7. The highest BCUT2D eigenvalue weighted by atomic mass is 32.2. The minimum atomic E-state index is -0.773. The van der Waals surface area contributed by atoms with E-state index in [-0.39, 0.29) is 11.2 Å². The number of carboxylic acid groups (broad SMARTS) is 1. The van der Waals surface area contributed by atoms with Gasteiger partial charge in [0.2, 0.25) is 0 Å².